The van der Waals surface area contributed by atoms with Crippen LogP contribution < -0.4 is 0 Å². The summed E-state index contributed by atoms with van der Waals surface area (Å²) >= 11 is 5.97. The van der Waals surface area contributed by atoms with Crippen molar-refractivity contribution in [2.75, 3.05) is 6.61 Å². The van der Waals surface area contributed by atoms with E-state index in [1.54, 1.807) is 6.33 Å². The molecule has 6 heteroatoms. The average molecular weight is 253 g/mol. The molecule has 0 unspecified atom stereocenters. The van der Waals surface area contributed by atoms with Gasteiger partial charge in [-0.1, -0.05) is 11.6 Å². The van der Waals surface area contributed by atoms with Gasteiger partial charge in [0.2, 0.25) is 0 Å². The zero-order valence-corrected chi connectivity index (χ0v) is 10.0. The second-order valence-corrected chi connectivity index (χ2v) is 4.86. The largest absolute Gasteiger partial charge is 0.396 e. The molecule has 1 aliphatic rings. The Balaban J connectivity index is 1.99. The maximum Gasteiger partial charge on any atom is 0.165 e. The van der Waals surface area contributed by atoms with E-state index in [2.05, 4.69) is 19.5 Å². The molecular formula is C11H13ClN4O. The Bertz CT molecular complexity index is 541. The van der Waals surface area contributed by atoms with Gasteiger partial charge < -0.3 is 9.67 Å². The van der Waals surface area contributed by atoms with Crippen molar-refractivity contribution in [1.29, 1.82) is 0 Å². The number of hydrogen-bond donors (Lipinski definition) is 1. The summed E-state index contributed by atoms with van der Waals surface area (Å²) in [4.78, 5) is 12.4. The van der Waals surface area contributed by atoms with Crippen molar-refractivity contribution >= 4 is 22.8 Å². The lowest BCUT2D eigenvalue weighted by Gasteiger charge is -2.12. The van der Waals surface area contributed by atoms with Crippen LogP contribution in [-0.2, 0) is 0 Å². The number of imidazole rings is 1. The Morgan fingerprint density at radius 2 is 2.24 bits per heavy atom. The molecule has 2 aromatic heterocycles. The lowest BCUT2D eigenvalue weighted by atomic mass is 10.1. The van der Waals surface area contributed by atoms with Crippen LogP contribution in [0.15, 0.2) is 12.7 Å². The Labute approximate surface area is 103 Å². The molecule has 1 fully saturated rings. The second kappa shape index (κ2) is 4.23. The molecular weight excluding hydrogens is 240 g/mol. The van der Waals surface area contributed by atoms with Crippen molar-refractivity contribution in [3.8, 4) is 0 Å². The fraction of sp³-hybridized carbons (Fsp3) is 0.545. The molecule has 0 aromatic carbocycles. The lowest BCUT2D eigenvalue weighted by Crippen LogP contribution is -2.06. The minimum atomic E-state index is 0.263. The van der Waals surface area contributed by atoms with E-state index in [1.807, 2.05) is 0 Å². The van der Waals surface area contributed by atoms with E-state index in [0.717, 1.165) is 24.9 Å². The number of fused-ring (bicyclic) bond motifs is 1. The zero-order valence-electron chi connectivity index (χ0n) is 9.25. The molecule has 2 atom stereocenters. The highest BCUT2D eigenvalue weighted by molar-refractivity contribution is 6.33. The van der Waals surface area contributed by atoms with Crippen LogP contribution in [0.2, 0.25) is 5.15 Å². The number of aliphatic hydroxyl groups excluding tert-OH is 1. The number of aliphatic hydroxyl groups is 1. The van der Waals surface area contributed by atoms with E-state index in [0.29, 0.717) is 22.6 Å². The molecule has 90 valence electrons. The maximum atomic E-state index is 9.17. The summed E-state index contributed by atoms with van der Waals surface area (Å²) in [5.41, 5.74) is 1.44. The summed E-state index contributed by atoms with van der Waals surface area (Å²) < 4.78 is 2.05. The standard InChI is InChI=1S/C11H13ClN4O/c12-10-9-11(14-5-13-10)16(6-15-9)8-2-1-7(3-8)4-17/h5-8,17H,1-4H2/t7-,8+/m1/s1. The third-order valence-electron chi connectivity index (χ3n) is 3.48. The summed E-state index contributed by atoms with van der Waals surface area (Å²) in [5.74, 6) is 0.398. The third-order valence-corrected chi connectivity index (χ3v) is 3.76. The van der Waals surface area contributed by atoms with Crippen molar-refractivity contribution in [3.63, 3.8) is 0 Å². The summed E-state index contributed by atoms with van der Waals surface area (Å²) in [5, 5.41) is 9.56. The first-order valence-corrected chi connectivity index (χ1v) is 6.11. The van der Waals surface area contributed by atoms with Gasteiger partial charge in [-0.3, -0.25) is 0 Å². The zero-order chi connectivity index (χ0) is 11.8. The van der Waals surface area contributed by atoms with Gasteiger partial charge in [0.15, 0.2) is 10.8 Å². The summed E-state index contributed by atoms with van der Waals surface area (Å²) in [6.07, 6.45) is 6.32. The Morgan fingerprint density at radius 1 is 1.35 bits per heavy atom. The highest BCUT2D eigenvalue weighted by Crippen LogP contribution is 2.35. The van der Waals surface area contributed by atoms with Gasteiger partial charge in [-0.15, -0.1) is 0 Å². The van der Waals surface area contributed by atoms with Gasteiger partial charge in [0.25, 0.3) is 0 Å². The highest BCUT2D eigenvalue weighted by atomic mass is 35.5. The maximum absolute atomic E-state index is 9.17. The van der Waals surface area contributed by atoms with Gasteiger partial charge in [0, 0.05) is 12.6 Å². The van der Waals surface area contributed by atoms with Gasteiger partial charge in [-0.25, -0.2) is 15.0 Å². The van der Waals surface area contributed by atoms with Gasteiger partial charge in [-0.2, -0.15) is 0 Å². The quantitative estimate of drug-likeness (QED) is 0.828. The molecule has 0 bridgehead atoms. The summed E-state index contributed by atoms with van der Waals surface area (Å²) in [6.45, 7) is 0.263. The number of nitrogens with zero attached hydrogens (tertiary/aromatic N) is 4. The topological polar surface area (TPSA) is 63.8 Å². The van der Waals surface area contributed by atoms with Crippen LogP contribution in [-0.4, -0.2) is 31.2 Å². The Hall–Kier alpha value is -1.20. The van der Waals surface area contributed by atoms with Crippen LogP contribution in [0.4, 0.5) is 0 Å². The number of rotatable bonds is 2. The molecule has 17 heavy (non-hydrogen) atoms. The molecule has 2 aromatic rings. The number of aromatic nitrogens is 4. The minimum Gasteiger partial charge on any atom is -0.396 e. The van der Waals surface area contributed by atoms with Crippen LogP contribution in [0.3, 0.4) is 0 Å². The van der Waals surface area contributed by atoms with E-state index in [-0.39, 0.29) is 6.61 Å². The molecule has 1 N–H and O–H groups in total. The second-order valence-electron chi connectivity index (χ2n) is 4.50. The van der Waals surface area contributed by atoms with E-state index >= 15 is 0 Å². The van der Waals surface area contributed by atoms with Gasteiger partial charge >= 0.3 is 0 Å². The van der Waals surface area contributed by atoms with Crippen molar-refractivity contribution < 1.29 is 5.11 Å². The molecule has 1 aliphatic carbocycles. The monoisotopic (exact) mass is 252 g/mol. The smallest absolute Gasteiger partial charge is 0.165 e. The van der Waals surface area contributed by atoms with Gasteiger partial charge in [0.05, 0.1) is 6.33 Å². The Morgan fingerprint density at radius 3 is 3.00 bits per heavy atom. The first-order valence-electron chi connectivity index (χ1n) is 5.73. The van der Waals surface area contributed by atoms with Gasteiger partial charge in [0.1, 0.15) is 11.8 Å². The first kappa shape index (κ1) is 10.9. The molecule has 0 spiro atoms. The summed E-state index contributed by atoms with van der Waals surface area (Å²) in [6, 6.07) is 0.364. The molecule has 0 aliphatic heterocycles. The molecule has 0 radical (unpaired) electrons. The van der Waals surface area contributed by atoms with E-state index in [9.17, 15) is 0 Å². The summed E-state index contributed by atoms with van der Waals surface area (Å²) in [7, 11) is 0. The van der Waals surface area contributed by atoms with Crippen LogP contribution in [0.1, 0.15) is 25.3 Å². The van der Waals surface area contributed by atoms with E-state index in [4.69, 9.17) is 16.7 Å². The SMILES string of the molecule is OC[C@@H]1CC[C@H](n2cnc3c(Cl)ncnc32)C1. The molecule has 1 saturated carbocycles. The van der Waals surface area contributed by atoms with Crippen molar-refractivity contribution in [3.05, 3.63) is 17.8 Å². The van der Waals surface area contributed by atoms with Crippen molar-refractivity contribution in [2.24, 2.45) is 5.92 Å². The first-order chi connectivity index (χ1) is 8.29. The molecule has 0 amide bonds. The molecule has 5 nitrogen and oxygen atoms in total. The van der Waals surface area contributed by atoms with E-state index in [1.165, 1.54) is 6.33 Å². The average Bonchev–Trinajstić information content (AvgIpc) is 2.94. The number of halogens is 1. The fourth-order valence-corrected chi connectivity index (χ4v) is 2.73. The number of hydrogen-bond acceptors (Lipinski definition) is 4. The lowest BCUT2D eigenvalue weighted by molar-refractivity contribution is 0.226. The molecule has 2 heterocycles. The van der Waals surface area contributed by atoms with Crippen molar-refractivity contribution in [1.82, 2.24) is 19.5 Å². The van der Waals surface area contributed by atoms with Gasteiger partial charge in [-0.05, 0) is 25.2 Å². The Kier molecular flexibility index (Phi) is 2.72. The van der Waals surface area contributed by atoms with Crippen molar-refractivity contribution in [2.45, 2.75) is 25.3 Å². The van der Waals surface area contributed by atoms with Crippen LogP contribution in [0.25, 0.3) is 11.2 Å². The minimum absolute atomic E-state index is 0.263. The van der Waals surface area contributed by atoms with Crippen LogP contribution in [0, 0.1) is 5.92 Å². The van der Waals surface area contributed by atoms with Crippen LogP contribution >= 0.6 is 11.6 Å². The normalized spacial score (nSPS) is 24.6. The van der Waals surface area contributed by atoms with E-state index < -0.39 is 0 Å². The molecule has 0 saturated heterocycles. The predicted molar refractivity (Wildman–Crippen MR) is 63.8 cm³/mol. The third kappa shape index (κ3) is 1.79. The highest BCUT2D eigenvalue weighted by Gasteiger charge is 2.26. The molecule has 3 rings (SSSR count). The van der Waals surface area contributed by atoms with Crippen LogP contribution in [0.5, 0.6) is 0 Å². The fourth-order valence-electron chi connectivity index (χ4n) is 2.56. The predicted octanol–water partition coefficient (Wildman–Crippen LogP) is 1.81.